The van der Waals surface area contributed by atoms with Gasteiger partial charge in [0.05, 0.1) is 6.54 Å². The number of hydrogen-bond acceptors (Lipinski definition) is 5. The van der Waals surface area contributed by atoms with E-state index in [1.165, 1.54) is 4.52 Å². The Morgan fingerprint density at radius 3 is 2.65 bits per heavy atom. The van der Waals surface area contributed by atoms with Crippen molar-refractivity contribution in [2.45, 2.75) is 6.54 Å². The third-order valence-electron chi connectivity index (χ3n) is 3.58. The van der Waals surface area contributed by atoms with Gasteiger partial charge in [0, 0.05) is 40.3 Å². The Balaban J connectivity index is 1.50. The highest BCUT2D eigenvalue weighted by Gasteiger charge is 2.15. The second-order valence-corrected chi connectivity index (χ2v) is 6.17. The highest BCUT2D eigenvalue weighted by atomic mass is 35.5. The summed E-state index contributed by atoms with van der Waals surface area (Å²) in [5.74, 6) is 0.241. The van der Waals surface area contributed by atoms with E-state index in [1.54, 1.807) is 53.6 Å². The minimum Gasteiger partial charge on any atom is -0.302 e. The highest BCUT2D eigenvalue weighted by molar-refractivity contribution is 6.35. The average molecular weight is 388 g/mol. The number of nitrogens with one attached hydrogen (secondary N) is 1. The van der Waals surface area contributed by atoms with Crippen LogP contribution in [0.1, 0.15) is 16.2 Å². The maximum Gasteiger partial charge on any atom is 0.296 e. The zero-order chi connectivity index (χ0) is 18.1. The van der Waals surface area contributed by atoms with Crippen LogP contribution >= 0.6 is 23.2 Å². The SMILES string of the molecule is O=C(Nc1ccn(Cc2c(Cl)cccc2Cl)n1)c1nc2ncccn2n1. The molecule has 1 N–H and O–H groups in total. The molecule has 0 radical (unpaired) electrons. The Morgan fingerprint density at radius 2 is 1.88 bits per heavy atom. The lowest BCUT2D eigenvalue weighted by molar-refractivity contribution is 0.101. The van der Waals surface area contributed by atoms with Gasteiger partial charge in [0.1, 0.15) is 0 Å². The number of amides is 1. The second-order valence-electron chi connectivity index (χ2n) is 5.35. The van der Waals surface area contributed by atoms with Gasteiger partial charge >= 0.3 is 0 Å². The summed E-state index contributed by atoms with van der Waals surface area (Å²) >= 11 is 12.3. The molecular formula is C16H11Cl2N7O. The van der Waals surface area contributed by atoms with Crippen LogP contribution in [-0.4, -0.2) is 35.3 Å². The van der Waals surface area contributed by atoms with Gasteiger partial charge in [-0.2, -0.15) is 10.1 Å². The Morgan fingerprint density at radius 1 is 1.08 bits per heavy atom. The molecule has 3 aromatic heterocycles. The number of hydrogen-bond donors (Lipinski definition) is 1. The molecule has 0 spiro atoms. The van der Waals surface area contributed by atoms with Crippen LogP contribution in [0.2, 0.25) is 10.0 Å². The van der Waals surface area contributed by atoms with Crippen molar-refractivity contribution in [1.29, 1.82) is 0 Å². The van der Waals surface area contributed by atoms with Crippen LogP contribution in [0.5, 0.6) is 0 Å². The Labute approximate surface area is 157 Å². The molecule has 10 heteroatoms. The van der Waals surface area contributed by atoms with E-state index in [0.29, 0.717) is 28.2 Å². The fraction of sp³-hybridized carbons (Fsp3) is 0.0625. The van der Waals surface area contributed by atoms with Crippen molar-refractivity contribution in [3.05, 3.63) is 70.4 Å². The van der Waals surface area contributed by atoms with Crippen LogP contribution in [0.25, 0.3) is 5.78 Å². The molecule has 0 aliphatic carbocycles. The van der Waals surface area contributed by atoms with Crippen molar-refractivity contribution >= 4 is 40.7 Å². The smallest absolute Gasteiger partial charge is 0.296 e. The summed E-state index contributed by atoms with van der Waals surface area (Å²) in [7, 11) is 0. The largest absolute Gasteiger partial charge is 0.302 e. The molecule has 1 aromatic carbocycles. The number of carbonyl (C=O) groups is 1. The van der Waals surface area contributed by atoms with Crippen molar-refractivity contribution in [2.24, 2.45) is 0 Å². The number of fused-ring (bicyclic) bond motifs is 1. The predicted molar refractivity (Wildman–Crippen MR) is 96.5 cm³/mol. The van der Waals surface area contributed by atoms with Gasteiger partial charge < -0.3 is 5.32 Å². The minimum absolute atomic E-state index is 0.00685. The lowest BCUT2D eigenvalue weighted by Crippen LogP contribution is -2.14. The summed E-state index contributed by atoms with van der Waals surface area (Å²) in [5.41, 5.74) is 0.755. The third kappa shape index (κ3) is 3.24. The number of aromatic nitrogens is 6. The lowest BCUT2D eigenvalue weighted by atomic mass is 10.2. The van der Waals surface area contributed by atoms with Gasteiger partial charge in [-0.25, -0.2) is 9.50 Å². The fourth-order valence-corrected chi connectivity index (χ4v) is 2.88. The molecule has 0 unspecified atom stereocenters. The van der Waals surface area contributed by atoms with Crippen LogP contribution in [0, 0.1) is 0 Å². The standard InChI is InChI=1S/C16H11Cl2N7O/c17-11-3-1-4-12(18)10(11)9-24-8-5-13(22-24)20-15(26)14-21-16-19-6-2-7-25(16)23-14/h1-8H,9H2,(H,20,22,26). The zero-order valence-corrected chi connectivity index (χ0v) is 14.7. The van der Waals surface area contributed by atoms with Crippen LogP contribution in [0.15, 0.2) is 48.9 Å². The first-order valence-electron chi connectivity index (χ1n) is 7.55. The predicted octanol–water partition coefficient (Wildman–Crippen LogP) is 2.93. The number of nitrogens with zero attached hydrogens (tertiary/aromatic N) is 6. The molecule has 130 valence electrons. The number of anilines is 1. The quantitative estimate of drug-likeness (QED) is 0.581. The summed E-state index contributed by atoms with van der Waals surface area (Å²) in [6.07, 6.45) is 4.95. The molecule has 8 nitrogen and oxygen atoms in total. The molecule has 0 fully saturated rings. The van der Waals surface area contributed by atoms with E-state index in [2.05, 4.69) is 25.5 Å². The van der Waals surface area contributed by atoms with Crippen LogP contribution < -0.4 is 5.32 Å². The molecule has 4 aromatic rings. The van der Waals surface area contributed by atoms with E-state index >= 15 is 0 Å². The van der Waals surface area contributed by atoms with E-state index in [1.807, 2.05) is 0 Å². The van der Waals surface area contributed by atoms with Crippen molar-refractivity contribution in [1.82, 2.24) is 29.4 Å². The molecule has 3 heterocycles. The molecule has 0 bridgehead atoms. The van der Waals surface area contributed by atoms with Crippen molar-refractivity contribution in [2.75, 3.05) is 5.32 Å². The number of carbonyl (C=O) groups excluding carboxylic acids is 1. The molecule has 26 heavy (non-hydrogen) atoms. The molecule has 0 aliphatic rings. The first-order valence-corrected chi connectivity index (χ1v) is 8.31. The molecule has 1 amide bonds. The van der Waals surface area contributed by atoms with Gasteiger partial charge in [0.15, 0.2) is 5.82 Å². The monoisotopic (exact) mass is 387 g/mol. The van der Waals surface area contributed by atoms with E-state index in [4.69, 9.17) is 23.2 Å². The van der Waals surface area contributed by atoms with Gasteiger partial charge in [0.2, 0.25) is 5.82 Å². The fourth-order valence-electron chi connectivity index (χ4n) is 2.36. The zero-order valence-electron chi connectivity index (χ0n) is 13.2. The summed E-state index contributed by atoms with van der Waals surface area (Å²) < 4.78 is 3.05. The molecule has 4 rings (SSSR count). The number of benzene rings is 1. The molecular weight excluding hydrogens is 377 g/mol. The Hall–Kier alpha value is -2.97. The average Bonchev–Trinajstić information content (AvgIpc) is 3.25. The summed E-state index contributed by atoms with van der Waals surface area (Å²) in [6, 6.07) is 8.66. The summed E-state index contributed by atoms with van der Waals surface area (Å²) in [4.78, 5) is 20.4. The normalized spacial score (nSPS) is 11.0. The highest BCUT2D eigenvalue weighted by Crippen LogP contribution is 2.25. The number of rotatable bonds is 4. The second kappa shape index (κ2) is 6.74. The molecule has 0 saturated heterocycles. The summed E-state index contributed by atoms with van der Waals surface area (Å²) in [5, 5.41) is 12.1. The topological polar surface area (TPSA) is 90.0 Å². The summed E-state index contributed by atoms with van der Waals surface area (Å²) in [6.45, 7) is 0.380. The van der Waals surface area contributed by atoms with Gasteiger partial charge in [0.25, 0.3) is 11.7 Å². The minimum atomic E-state index is -0.475. The van der Waals surface area contributed by atoms with E-state index in [0.717, 1.165) is 5.56 Å². The molecule has 0 saturated carbocycles. The van der Waals surface area contributed by atoms with Gasteiger partial charge in [-0.1, -0.05) is 29.3 Å². The first kappa shape index (κ1) is 16.5. The van der Waals surface area contributed by atoms with Gasteiger partial charge in [-0.15, -0.1) is 5.10 Å². The molecule has 0 atom stereocenters. The van der Waals surface area contributed by atoms with E-state index < -0.39 is 5.91 Å². The maximum atomic E-state index is 12.3. The van der Waals surface area contributed by atoms with Gasteiger partial charge in [-0.3, -0.25) is 9.48 Å². The Bertz CT molecular complexity index is 1050. The van der Waals surface area contributed by atoms with Crippen molar-refractivity contribution in [3.63, 3.8) is 0 Å². The van der Waals surface area contributed by atoms with Crippen LogP contribution in [-0.2, 0) is 6.54 Å². The van der Waals surface area contributed by atoms with E-state index in [-0.39, 0.29) is 5.82 Å². The molecule has 0 aliphatic heterocycles. The maximum absolute atomic E-state index is 12.3. The van der Waals surface area contributed by atoms with Crippen LogP contribution in [0.4, 0.5) is 5.82 Å². The van der Waals surface area contributed by atoms with E-state index in [9.17, 15) is 4.79 Å². The third-order valence-corrected chi connectivity index (χ3v) is 4.29. The number of halogens is 2. The first-order chi connectivity index (χ1) is 12.6. The lowest BCUT2D eigenvalue weighted by Gasteiger charge is -2.06. The van der Waals surface area contributed by atoms with Crippen molar-refractivity contribution in [3.8, 4) is 0 Å². The Kier molecular flexibility index (Phi) is 4.27. The van der Waals surface area contributed by atoms with Crippen LogP contribution in [0.3, 0.4) is 0 Å². The van der Waals surface area contributed by atoms with Crippen molar-refractivity contribution < 1.29 is 4.79 Å². The van der Waals surface area contributed by atoms with Gasteiger partial charge in [-0.05, 0) is 18.2 Å².